The minimum Gasteiger partial charge on any atom is -0.496 e. The van der Waals surface area contributed by atoms with E-state index in [1.165, 1.54) is 0 Å². The first-order chi connectivity index (χ1) is 13.0. The highest BCUT2D eigenvalue weighted by Crippen LogP contribution is 2.18. The lowest BCUT2D eigenvalue weighted by atomic mass is 10.1. The predicted octanol–water partition coefficient (Wildman–Crippen LogP) is 4.11. The molecule has 1 N–H and O–H groups in total. The average molecular weight is 370 g/mol. The second-order valence-corrected chi connectivity index (χ2v) is 6.99. The zero-order valence-electron chi connectivity index (χ0n) is 16.7. The van der Waals surface area contributed by atoms with Crippen LogP contribution in [0, 0.1) is 5.92 Å². The van der Waals surface area contributed by atoms with E-state index in [0.717, 1.165) is 29.0 Å². The van der Waals surface area contributed by atoms with Gasteiger partial charge in [-0.1, -0.05) is 44.2 Å². The van der Waals surface area contributed by atoms with Crippen molar-refractivity contribution >= 4 is 6.03 Å². The van der Waals surface area contributed by atoms with Crippen molar-refractivity contribution in [1.82, 2.24) is 10.2 Å². The van der Waals surface area contributed by atoms with Crippen molar-refractivity contribution in [2.24, 2.45) is 5.92 Å². The first-order valence-corrected chi connectivity index (χ1v) is 9.32. The molecule has 27 heavy (non-hydrogen) atoms. The normalized spacial score (nSPS) is 10.6. The van der Waals surface area contributed by atoms with Gasteiger partial charge in [-0.2, -0.15) is 0 Å². The van der Waals surface area contributed by atoms with E-state index in [1.807, 2.05) is 48.5 Å². The van der Waals surface area contributed by atoms with Crippen LogP contribution in [0.5, 0.6) is 11.5 Å². The van der Waals surface area contributed by atoms with Gasteiger partial charge in [-0.05, 0) is 41.7 Å². The molecule has 0 aliphatic carbocycles. The Morgan fingerprint density at radius 2 is 1.93 bits per heavy atom. The molecule has 0 aliphatic heterocycles. The summed E-state index contributed by atoms with van der Waals surface area (Å²) >= 11 is 0. The van der Waals surface area contributed by atoms with E-state index in [2.05, 4.69) is 19.2 Å². The molecule has 0 saturated heterocycles. The van der Waals surface area contributed by atoms with Gasteiger partial charge in [-0.3, -0.25) is 0 Å². The summed E-state index contributed by atoms with van der Waals surface area (Å²) in [6.07, 6.45) is 0.743. The highest BCUT2D eigenvalue weighted by Gasteiger charge is 2.10. The second-order valence-electron chi connectivity index (χ2n) is 6.99. The van der Waals surface area contributed by atoms with Crippen molar-refractivity contribution in [3.63, 3.8) is 0 Å². The molecular weight excluding hydrogens is 340 g/mol. The third-order valence-corrected chi connectivity index (χ3v) is 4.18. The number of benzene rings is 2. The van der Waals surface area contributed by atoms with Crippen LogP contribution in [0.25, 0.3) is 0 Å². The van der Waals surface area contributed by atoms with Crippen LogP contribution in [-0.2, 0) is 13.0 Å². The fourth-order valence-corrected chi connectivity index (χ4v) is 2.62. The van der Waals surface area contributed by atoms with E-state index in [-0.39, 0.29) is 6.03 Å². The van der Waals surface area contributed by atoms with Gasteiger partial charge >= 0.3 is 6.03 Å². The van der Waals surface area contributed by atoms with Gasteiger partial charge in [0.05, 0.1) is 13.7 Å². The Morgan fingerprint density at radius 1 is 1.15 bits per heavy atom. The Labute approximate surface area is 162 Å². The van der Waals surface area contributed by atoms with Crippen molar-refractivity contribution in [3.8, 4) is 11.5 Å². The molecular formula is C22H30N2O3. The molecule has 0 radical (unpaired) electrons. The summed E-state index contributed by atoms with van der Waals surface area (Å²) in [5.74, 6) is 2.16. The molecule has 0 heterocycles. The minimum atomic E-state index is -0.0987. The molecule has 0 atom stereocenters. The Kier molecular flexibility index (Phi) is 7.99. The number of para-hydroxylation sites is 1. The van der Waals surface area contributed by atoms with E-state index in [4.69, 9.17) is 9.47 Å². The number of likely N-dealkylation sites (N-methyl/N-ethyl adjacent to an activating group) is 1. The van der Waals surface area contributed by atoms with E-state index in [9.17, 15) is 4.79 Å². The summed E-state index contributed by atoms with van der Waals surface area (Å²) in [5.41, 5.74) is 2.11. The van der Waals surface area contributed by atoms with Crippen LogP contribution < -0.4 is 14.8 Å². The number of methoxy groups -OCH3 is 1. The van der Waals surface area contributed by atoms with Crippen LogP contribution in [0.4, 0.5) is 4.79 Å². The van der Waals surface area contributed by atoms with Crippen molar-refractivity contribution in [2.45, 2.75) is 26.8 Å². The zero-order chi connectivity index (χ0) is 19.6. The van der Waals surface area contributed by atoms with Gasteiger partial charge in [0.25, 0.3) is 0 Å². The number of urea groups is 1. The molecule has 0 fully saturated rings. The monoisotopic (exact) mass is 370 g/mol. The highest BCUT2D eigenvalue weighted by atomic mass is 16.5. The molecule has 146 valence electrons. The lowest BCUT2D eigenvalue weighted by Gasteiger charge is -2.19. The maximum absolute atomic E-state index is 12.3. The topological polar surface area (TPSA) is 50.8 Å². The summed E-state index contributed by atoms with van der Waals surface area (Å²) in [6, 6.07) is 15.6. The van der Waals surface area contributed by atoms with E-state index >= 15 is 0 Å². The predicted molar refractivity (Wildman–Crippen MR) is 108 cm³/mol. The Hall–Kier alpha value is -2.69. The van der Waals surface area contributed by atoms with Gasteiger partial charge in [0.15, 0.2) is 0 Å². The molecule has 0 bridgehead atoms. The molecule has 5 nitrogen and oxygen atoms in total. The fraction of sp³-hybridized carbons (Fsp3) is 0.409. The van der Waals surface area contributed by atoms with Gasteiger partial charge in [-0.25, -0.2) is 4.79 Å². The highest BCUT2D eigenvalue weighted by molar-refractivity contribution is 5.73. The SMILES string of the molecule is COc1ccccc1CCN(C)C(=O)NCc1cccc(OCC(C)C)c1. The van der Waals surface area contributed by atoms with E-state index in [0.29, 0.717) is 25.6 Å². The molecule has 2 aromatic carbocycles. The molecule has 0 spiro atoms. The number of amides is 2. The summed E-state index contributed by atoms with van der Waals surface area (Å²) in [5, 5.41) is 2.96. The number of hydrogen-bond acceptors (Lipinski definition) is 3. The lowest BCUT2D eigenvalue weighted by Crippen LogP contribution is -2.38. The number of nitrogens with zero attached hydrogens (tertiary/aromatic N) is 1. The number of carbonyl (C=O) groups is 1. The molecule has 0 saturated carbocycles. The standard InChI is InChI=1S/C22H30N2O3/c1-17(2)16-27-20-10-7-8-18(14-20)15-23-22(25)24(3)13-12-19-9-5-6-11-21(19)26-4/h5-11,14,17H,12-13,15-16H2,1-4H3,(H,23,25). The minimum absolute atomic E-state index is 0.0987. The molecule has 5 heteroatoms. The quantitative estimate of drug-likeness (QED) is 0.722. The number of carbonyl (C=O) groups excluding carboxylic acids is 1. The summed E-state index contributed by atoms with van der Waals surface area (Å²) in [4.78, 5) is 14.0. The number of ether oxygens (including phenoxy) is 2. The summed E-state index contributed by atoms with van der Waals surface area (Å²) in [7, 11) is 3.46. The molecule has 0 aromatic heterocycles. The van der Waals surface area contributed by atoms with Gasteiger partial charge in [0, 0.05) is 20.1 Å². The van der Waals surface area contributed by atoms with Crippen molar-refractivity contribution in [2.75, 3.05) is 27.3 Å². The lowest BCUT2D eigenvalue weighted by molar-refractivity contribution is 0.208. The number of hydrogen-bond donors (Lipinski definition) is 1. The first kappa shape index (κ1) is 20.6. The third-order valence-electron chi connectivity index (χ3n) is 4.18. The first-order valence-electron chi connectivity index (χ1n) is 9.32. The van der Waals surface area contributed by atoms with Crippen LogP contribution in [0.2, 0.25) is 0 Å². The fourth-order valence-electron chi connectivity index (χ4n) is 2.62. The molecule has 0 unspecified atom stereocenters. The summed E-state index contributed by atoms with van der Waals surface area (Å²) in [6.45, 7) is 6.00. The zero-order valence-corrected chi connectivity index (χ0v) is 16.7. The average Bonchev–Trinajstić information content (AvgIpc) is 2.69. The van der Waals surface area contributed by atoms with Gasteiger partial charge in [-0.15, -0.1) is 0 Å². The van der Waals surface area contributed by atoms with Crippen LogP contribution in [0.1, 0.15) is 25.0 Å². The largest absolute Gasteiger partial charge is 0.496 e. The van der Waals surface area contributed by atoms with Gasteiger partial charge < -0.3 is 19.7 Å². The number of rotatable bonds is 9. The van der Waals surface area contributed by atoms with Crippen molar-refractivity contribution in [3.05, 3.63) is 59.7 Å². The second kappa shape index (κ2) is 10.5. The Morgan fingerprint density at radius 3 is 2.67 bits per heavy atom. The van der Waals surface area contributed by atoms with Crippen LogP contribution in [0.15, 0.2) is 48.5 Å². The third kappa shape index (κ3) is 6.85. The maximum Gasteiger partial charge on any atom is 0.317 e. The van der Waals surface area contributed by atoms with Crippen LogP contribution in [-0.4, -0.2) is 38.2 Å². The van der Waals surface area contributed by atoms with Gasteiger partial charge in [0.1, 0.15) is 11.5 Å². The maximum atomic E-state index is 12.3. The van der Waals surface area contributed by atoms with Crippen LogP contribution >= 0.6 is 0 Å². The molecule has 2 amide bonds. The Bertz CT molecular complexity index is 731. The van der Waals surface area contributed by atoms with Crippen molar-refractivity contribution < 1.29 is 14.3 Å². The van der Waals surface area contributed by atoms with E-state index < -0.39 is 0 Å². The van der Waals surface area contributed by atoms with E-state index in [1.54, 1.807) is 19.1 Å². The smallest absolute Gasteiger partial charge is 0.317 e. The number of nitrogens with one attached hydrogen (secondary N) is 1. The van der Waals surface area contributed by atoms with Gasteiger partial charge in [0.2, 0.25) is 0 Å². The van der Waals surface area contributed by atoms with Crippen LogP contribution in [0.3, 0.4) is 0 Å². The molecule has 2 rings (SSSR count). The molecule has 2 aromatic rings. The summed E-state index contributed by atoms with van der Waals surface area (Å²) < 4.78 is 11.1. The molecule has 0 aliphatic rings. The Balaban J connectivity index is 1.81. The van der Waals surface area contributed by atoms with Crippen molar-refractivity contribution in [1.29, 1.82) is 0 Å².